The van der Waals surface area contributed by atoms with E-state index in [1.165, 1.54) is 0 Å². The predicted molar refractivity (Wildman–Crippen MR) is 82.4 cm³/mol. The second-order valence-corrected chi connectivity index (χ2v) is 6.16. The molecule has 0 saturated heterocycles. The van der Waals surface area contributed by atoms with Gasteiger partial charge in [-0.15, -0.1) is 0 Å². The number of rotatable bonds is 1. The number of hydrogen-bond acceptors (Lipinski definition) is 3. The number of fused-ring (bicyclic) bond motifs is 2. The van der Waals surface area contributed by atoms with Crippen molar-refractivity contribution in [3.8, 4) is 0 Å². The third-order valence-corrected chi connectivity index (χ3v) is 4.51. The van der Waals surface area contributed by atoms with E-state index in [4.69, 9.17) is 16.6 Å². The summed E-state index contributed by atoms with van der Waals surface area (Å²) in [5, 5.41) is 11.4. The van der Waals surface area contributed by atoms with Crippen molar-refractivity contribution in [1.29, 1.82) is 0 Å². The molecule has 1 aromatic carbocycles. The Morgan fingerprint density at radius 3 is 3.00 bits per heavy atom. The van der Waals surface area contributed by atoms with Gasteiger partial charge in [-0.1, -0.05) is 27.5 Å². The van der Waals surface area contributed by atoms with Crippen LogP contribution in [-0.2, 0) is 13.0 Å². The molecule has 0 atom stereocenters. The van der Waals surface area contributed by atoms with Gasteiger partial charge in [-0.05, 0) is 31.6 Å². The van der Waals surface area contributed by atoms with Crippen molar-refractivity contribution < 1.29 is 5.02 Å². The molecule has 1 N–H and O–H groups in total. The van der Waals surface area contributed by atoms with Crippen molar-refractivity contribution in [2.24, 2.45) is 0 Å². The molecule has 2 aromatic rings. The summed E-state index contributed by atoms with van der Waals surface area (Å²) in [4.78, 5) is 6.70. The molecule has 0 fully saturated rings. The van der Waals surface area contributed by atoms with Crippen LogP contribution >= 0.6 is 27.5 Å². The molecule has 0 amide bonds. The van der Waals surface area contributed by atoms with Gasteiger partial charge >= 0.3 is 7.05 Å². The zero-order valence-electron chi connectivity index (χ0n) is 10.5. The lowest BCUT2D eigenvalue weighted by Crippen LogP contribution is -2.41. The van der Waals surface area contributed by atoms with Crippen LogP contribution < -0.4 is 0 Å². The Kier molecular flexibility index (Phi) is 3.56. The highest BCUT2D eigenvalue weighted by atomic mass is 79.9. The SMILES string of the molecule is CB(O)N1CCc2nc3ccc(Br)cc3c(Cl)c2C1. The van der Waals surface area contributed by atoms with Crippen LogP contribution in [0.5, 0.6) is 0 Å². The third kappa shape index (κ3) is 2.40. The Labute approximate surface area is 125 Å². The fourth-order valence-electron chi connectivity index (χ4n) is 2.50. The average molecular weight is 339 g/mol. The van der Waals surface area contributed by atoms with E-state index in [9.17, 15) is 5.02 Å². The summed E-state index contributed by atoms with van der Waals surface area (Å²) < 4.78 is 0.992. The fourth-order valence-corrected chi connectivity index (χ4v) is 3.18. The van der Waals surface area contributed by atoms with Crippen molar-refractivity contribution >= 4 is 45.5 Å². The molecule has 0 bridgehead atoms. The molecule has 19 heavy (non-hydrogen) atoms. The van der Waals surface area contributed by atoms with Crippen LogP contribution in [0.3, 0.4) is 0 Å². The molecule has 0 aliphatic carbocycles. The molecule has 6 heteroatoms. The topological polar surface area (TPSA) is 36.4 Å². The van der Waals surface area contributed by atoms with Gasteiger partial charge in [-0.3, -0.25) is 4.98 Å². The Morgan fingerprint density at radius 2 is 2.26 bits per heavy atom. The number of halogens is 2. The summed E-state index contributed by atoms with van der Waals surface area (Å²) in [5.74, 6) is 0. The minimum Gasteiger partial charge on any atom is -0.437 e. The van der Waals surface area contributed by atoms with Gasteiger partial charge in [0, 0.05) is 34.1 Å². The number of nitrogens with zero attached hydrogens (tertiary/aromatic N) is 2. The van der Waals surface area contributed by atoms with E-state index in [1.54, 1.807) is 6.82 Å². The minimum atomic E-state index is -0.456. The summed E-state index contributed by atoms with van der Waals surface area (Å²) in [5.41, 5.74) is 3.02. The first-order chi connectivity index (χ1) is 9.06. The molecule has 1 aliphatic heterocycles. The van der Waals surface area contributed by atoms with Gasteiger partial charge in [-0.25, -0.2) is 0 Å². The molecular formula is C13H13BBrClN2O. The monoisotopic (exact) mass is 338 g/mol. The van der Waals surface area contributed by atoms with E-state index >= 15 is 0 Å². The van der Waals surface area contributed by atoms with Gasteiger partial charge in [0.2, 0.25) is 0 Å². The molecule has 0 radical (unpaired) electrons. The van der Waals surface area contributed by atoms with E-state index in [0.29, 0.717) is 6.54 Å². The maximum absolute atomic E-state index is 9.71. The lowest BCUT2D eigenvalue weighted by Gasteiger charge is -2.29. The number of aromatic nitrogens is 1. The summed E-state index contributed by atoms with van der Waals surface area (Å²) in [6.07, 6.45) is 0.825. The van der Waals surface area contributed by atoms with Crippen LogP contribution in [0.15, 0.2) is 22.7 Å². The van der Waals surface area contributed by atoms with Crippen molar-refractivity contribution in [3.63, 3.8) is 0 Å². The van der Waals surface area contributed by atoms with E-state index in [1.807, 2.05) is 23.0 Å². The maximum atomic E-state index is 9.71. The van der Waals surface area contributed by atoms with Gasteiger partial charge in [0.15, 0.2) is 0 Å². The zero-order valence-corrected chi connectivity index (χ0v) is 12.9. The highest BCUT2D eigenvalue weighted by molar-refractivity contribution is 9.10. The van der Waals surface area contributed by atoms with Crippen molar-refractivity contribution in [3.05, 3.63) is 39.0 Å². The molecule has 3 rings (SSSR count). The van der Waals surface area contributed by atoms with E-state index in [2.05, 4.69) is 15.9 Å². The van der Waals surface area contributed by atoms with Crippen molar-refractivity contribution in [2.75, 3.05) is 6.54 Å². The van der Waals surface area contributed by atoms with Gasteiger partial charge in [0.1, 0.15) is 0 Å². The highest BCUT2D eigenvalue weighted by Gasteiger charge is 2.25. The Bertz CT molecular complexity index is 650. The first-order valence-electron chi connectivity index (χ1n) is 6.25. The molecule has 0 spiro atoms. The molecule has 1 aliphatic rings. The van der Waals surface area contributed by atoms with Crippen LogP contribution in [0, 0.1) is 0 Å². The van der Waals surface area contributed by atoms with Crippen LogP contribution in [0.2, 0.25) is 11.8 Å². The lowest BCUT2D eigenvalue weighted by atomic mass is 9.82. The smallest absolute Gasteiger partial charge is 0.376 e. The molecule has 98 valence electrons. The number of benzene rings is 1. The van der Waals surface area contributed by atoms with E-state index < -0.39 is 7.05 Å². The first-order valence-corrected chi connectivity index (χ1v) is 7.42. The summed E-state index contributed by atoms with van der Waals surface area (Å²) in [7, 11) is -0.456. The second kappa shape index (κ2) is 5.06. The molecule has 0 unspecified atom stereocenters. The van der Waals surface area contributed by atoms with Gasteiger partial charge in [0.25, 0.3) is 0 Å². The standard InChI is InChI=1S/C13H13BBrClN2O/c1-14(19)18-5-4-12-10(7-18)13(16)9-6-8(15)2-3-11(9)17-12/h2-3,6,19H,4-5,7H2,1H3. The average Bonchev–Trinajstić information content (AvgIpc) is 2.39. The summed E-state index contributed by atoms with van der Waals surface area (Å²) in [6.45, 7) is 3.25. The van der Waals surface area contributed by atoms with E-state index in [-0.39, 0.29) is 0 Å². The van der Waals surface area contributed by atoms with Gasteiger partial charge < -0.3 is 9.83 Å². The van der Waals surface area contributed by atoms with Crippen LogP contribution in [-0.4, -0.2) is 28.4 Å². The number of hydrogen-bond donors (Lipinski definition) is 1. The maximum Gasteiger partial charge on any atom is 0.376 e. The van der Waals surface area contributed by atoms with Crippen LogP contribution in [0.4, 0.5) is 0 Å². The molecule has 3 nitrogen and oxygen atoms in total. The van der Waals surface area contributed by atoms with Crippen molar-refractivity contribution in [2.45, 2.75) is 19.8 Å². The lowest BCUT2D eigenvalue weighted by molar-refractivity contribution is 0.345. The largest absolute Gasteiger partial charge is 0.437 e. The quantitative estimate of drug-likeness (QED) is 0.811. The Morgan fingerprint density at radius 1 is 1.47 bits per heavy atom. The Balaban J connectivity index is 2.15. The Hall–Kier alpha value is -0.615. The van der Waals surface area contributed by atoms with Gasteiger partial charge in [0.05, 0.1) is 10.5 Å². The molecule has 1 aromatic heterocycles. The van der Waals surface area contributed by atoms with Gasteiger partial charge in [-0.2, -0.15) is 0 Å². The first kappa shape index (κ1) is 13.4. The predicted octanol–water partition coefficient (Wildman–Crippen LogP) is 3.12. The fraction of sp³-hybridized carbons (Fsp3) is 0.308. The van der Waals surface area contributed by atoms with Crippen LogP contribution in [0.1, 0.15) is 11.3 Å². The third-order valence-electron chi connectivity index (χ3n) is 3.59. The molecule has 0 saturated carbocycles. The summed E-state index contributed by atoms with van der Waals surface area (Å²) in [6, 6.07) is 5.95. The second-order valence-electron chi connectivity index (χ2n) is 4.86. The highest BCUT2D eigenvalue weighted by Crippen LogP contribution is 2.33. The van der Waals surface area contributed by atoms with Crippen molar-refractivity contribution in [1.82, 2.24) is 9.79 Å². The summed E-state index contributed by atoms with van der Waals surface area (Å²) >= 11 is 9.99. The zero-order chi connectivity index (χ0) is 13.6. The molecule has 2 heterocycles. The van der Waals surface area contributed by atoms with E-state index in [0.717, 1.165) is 44.6 Å². The normalized spacial score (nSPS) is 15.6. The number of pyridine rings is 1. The van der Waals surface area contributed by atoms with Crippen LogP contribution in [0.25, 0.3) is 10.9 Å². The molecular weight excluding hydrogens is 326 g/mol. The minimum absolute atomic E-state index is 0.456.